The number of carbonyl (C=O) groups is 2. The highest BCUT2D eigenvalue weighted by Crippen LogP contribution is 2.40. The number of pyridine rings is 2. The van der Waals surface area contributed by atoms with Crippen molar-refractivity contribution in [3.63, 3.8) is 0 Å². The van der Waals surface area contributed by atoms with E-state index in [4.69, 9.17) is 14.5 Å². The Hall–Kier alpha value is -5.79. The molecule has 2 aliphatic heterocycles. The number of anilines is 1. The van der Waals surface area contributed by atoms with E-state index in [1.165, 1.54) is 0 Å². The Balaban J connectivity index is 1.18. The number of benzene rings is 1. The van der Waals surface area contributed by atoms with Gasteiger partial charge in [-0.15, -0.1) is 5.10 Å². The number of rotatable bonds is 10. The molecule has 1 saturated heterocycles. The molecular weight excluding hydrogens is 653 g/mol. The topological polar surface area (TPSA) is 135 Å². The number of hydrogen-bond donors (Lipinski definition) is 1. The molecular formula is C37H40FN9O4. The fourth-order valence-electron chi connectivity index (χ4n) is 6.82. The summed E-state index contributed by atoms with van der Waals surface area (Å²) in [7, 11) is 3.20. The molecule has 14 heteroatoms. The van der Waals surface area contributed by atoms with Gasteiger partial charge in [0.05, 0.1) is 32.5 Å². The molecule has 0 aliphatic carbocycles. The van der Waals surface area contributed by atoms with Crippen LogP contribution in [0.2, 0.25) is 0 Å². The molecule has 6 heterocycles. The van der Waals surface area contributed by atoms with Crippen molar-refractivity contribution in [1.29, 1.82) is 0 Å². The van der Waals surface area contributed by atoms with Crippen molar-refractivity contribution in [3.05, 3.63) is 84.0 Å². The summed E-state index contributed by atoms with van der Waals surface area (Å²) in [6.45, 7) is 5.31. The van der Waals surface area contributed by atoms with Crippen molar-refractivity contribution in [1.82, 2.24) is 39.7 Å². The number of aryl methyl sites for hydroxylation is 2. The number of aromatic amines is 1. The van der Waals surface area contributed by atoms with Crippen LogP contribution in [0.3, 0.4) is 0 Å². The second-order valence-electron chi connectivity index (χ2n) is 12.5. The number of nitrogens with zero attached hydrogens (tertiary/aromatic N) is 8. The molecule has 5 aromatic rings. The van der Waals surface area contributed by atoms with Gasteiger partial charge in [-0.05, 0) is 54.3 Å². The molecule has 2 amide bonds. The van der Waals surface area contributed by atoms with E-state index in [1.54, 1.807) is 71.7 Å². The van der Waals surface area contributed by atoms with Crippen molar-refractivity contribution in [2.45, 2.75) is 32.7 Å². The van der Waals surface area contributed by atoms with Crippen LogP contribution >= 0.6 is 0 Å². The predicted molar refractivity (Wildman–Crippen MR) is 190 cm³/mol. The van der Waals surface area contributed by atoms with Gasteiger partial charge in [-0.25, -0.2) is 9.37 Å². The highest BCUT2D eigenvalue weighted by molar-refractivity contribution is 6.05. The zero-order valence-electron chi connectivity index (χ0n) is 28.9. The second-order valence-corrected chi connectivity index (χ2v) is 12.5. The van der Waals surface area contributed by atoms with Gasteiger partial charge >= 0.3 is 0 Å². The summed E-state index contributed by atoms with van der Waals surface area (Å²) in [6, 6.07) is 9.13. The fraction of sp³-hybridized carbons (Fsp3) is 0.351. The quantitative estimate of drug-likeness (QED) is 0.223. The SMILES string of the molecule is CCc1ccc(OC)c(N2CCN(C(=O)c3cc4c(-c5cnccc5OC)cc(C5=CCCN(C(=O)CCn6ccnn6)C5)c(F)c4[nH]3)CC2)n1. The minimum atomic E-state index is -0.488. The maximum absolute atomic E-state index is 16.7. The molecule has 4 aromatic heterocycles. The minimum absolute atomic E-state index is 0.0492. The standard InChI is InChI=1S/C37H40FN9O4/c1-4-25-7-8-32(51-3)36(41-25)44-16-18-45(19-17-44)37(49)30-21-28-27(29-22-39-11-9-31(29)50-2)20-26(34(38)35(28)42-30)24-6-5-13-46(23-24)33(48)10-14-47-15-12-40-43-47/h6-9,11-12,15,20-22,42H,4-5,10,13-14,16-19,23H2,1-3H3. The predicted octanol–water partition coefficient (Wildman–Crippen LogP) is 4.60. The van der Waals surface area contributed by atoms with Crippen LogP contribution < -0.4 is 14.4 Å². The number of hydrogen-bond acceptors (Lipinski definition) is 9. The molecule has 264 valence electrons. The zero-order chi connectivity index (χ0) is 35.5. The fourth-order valence-corrected chi connectivity index (χ4v) is 6.82. The average molecular weight is 694 g/mol. The van der Waals surface area contributed by atoms with Gasteiger partial charge in [-0.1, -0.05) is 18.2 Å². The number of fused-ring (bicyclic) bond motifs is 1. The van der Waals surface area contributed by atoms with E-state index in [0.717, 1.165) is 17.9 Å². The van der Waals surface area contributed by atoms with Crippen molar-refractivity contribution < 1.29 is 23.5 Å². The number of halogens is 1. The van der Waals surface area contributed by atoms with Crippen molar-refractivity contribution in [3.8, 4) is 22.6 Å². The smallest absolute Gasteiger partial charge is 0.270 e. The van der Waals surface area contributed by atoms with Gasteiger partial charge in [0, 0.05) is 86.5 Å². The molecule has 51 heavy (non-hydrogen) atoms. The van der Waals surface area contributed by atoms with E-state index in [9.17, 15) is 9.59 Å². The summed E-state index contributed by atoms with van der Waals surface area (Å²) in [5.74, 6) is 1.27. The normalized spacial score (nSPS) is 14.9. The highest BCUT2D eigenvalue weighted by atomic mass is 19.1. The lowest BCUT2D eigenvalue weighted by atomic mass is 9.93. The number of aromatic nitrogens is 6. The van der Waals surface area contributed by atoms with Crippen LogP contribution in [-0.2, 0) is 17.8 Å². The molecule has 0 bridgehead atoms. The molecule has 1 N–H and O–H groups in total. The molecule has 7 rings (SSSR count). The van der Waals surface area contributed by atoms with E-state index in [0.29, 0.717) is 84.8 Å². The van der Waals surface area contributed by atoms with E-state index >= 15 is 4.39 Å². The Morgan fingerprint density at radius 1 is 0.941 bits per heavy atom. The van der Waals surface area contributed by atoms with Crippen molar-refractivity contribution in [2.75, 3.05) is 58.4 Å². The van der Waals surface area contributed by atoms with Gasteiger partial charge in [-0.3, -0.25) is 19.3 Å². The summed E-state index contributed by atoms with van der Waals surface area (Å²) in [6.07, 6.45) is 10.2. The highest BCUT2D eigenvalue weighted by Gasteiger charge is 2.29. The molecule has 0 atom stereocenters. The molecule has 1 aromatic carbocycles. The first kappa shape index (κ1) is 33.7. The van der Waals surface area contributed by atoms with E-state index in [1.807, 2.05) is 18.2 Å². The number of ether oxygens (including phenoxy) is 2. The van der Waals surface area contributed by atoms with E-state index in [-0.39, 0.29) is 36.0 Å². The number of nitrogens with one attached hydrogen (secondary N) is 1. The van der Waals surface area contributed by atoms with Crippen LogP contribution in [0, 0.1) is 5.82 Å². The zero-order valence-corrected chi connectivity index (χ0v) is 28.9. The number of piperazine rings is 1. The van der Waals surface area contributed by atoms with Crippen LogP contribution in [-0.4, -0.2) is 105 Å². The monoisotopic (exact) mass is 693 g/mol. The Morgan fingerprint density at radius 2 is 1.76 bits per heavy atom. The number of methoxy groups -OCH3 is 2. The summed E-state index contributed by atoms with van der Waals surface area (Å²) < 4.78 is 29.6. The van der Waals surface area contributed by atoms with Crippen LogP contribution in [0.25, 0.3) is 27.6 Å². The van der Waals surface area contributed by atoms with Crippen LogP contribution in [0.1, 0.15) is 41.5 Å². The lowest BCUT2D eigenvalue weighted by molar-refractivity contribution is -0.131. The Labute approximate surface area is 294 Å². The first-order valence-corrected chi connectivity index (χ1v) is 17.1. The van der Waals surface area contributed by atoms with Crippen molar-refractivity contribution >= 4 is 34.1 Å². The van der Waals surface area contributed by atoms with Gasteiger partial charge in [0.25, 0.3) is 5.91 Å². The lowest BCUT2D eigenvalue weighted by Crippen LogP contribution is -2.49. The number of H-pyrrole nitrogens is 1. The van der Waals surface area contributed by atoms with Gasteiger partial charge in [0.15, 0.2) is 17.4 Å². The molecule has 1 fully saturated rings. The minimum Gasteiger partial charge on any atom is -0.496 e. The first-order chi connectivity index (χ1) is 24.9. The molecule has 0 saturated carbocycles. The third-order valence-electron chi connectivity index (χ3n) is 9.60. The summed E-state index contributed by atoms with van der Waals surface area (Å²) >= 11 is 0. The van der Waals surface area contributed by atoms with Crippen LogP contribution in [0.4, 0.5) is 10.2 Å². The van der Waals surface area contributed by atoms with Gasteiger partial charge in [0.1, 0.15) is 11.4 Å². The molecule has 2 aliphatic rings. The Kier molecular flexibility index (Phi) is 9.64. The molecule has 0 unspecified atom stereocenters. The summed E-state index contributed by atoms with van der Waals surface area (Å²) in [4.78, 5) is 45.1. The second kappa shape index (κ2) is 14.6. The number of amides is 2. The first-order valence-electron chi connectivity index (χ1n) is 17.1. The van der Waals surface area contributed by atoms with Crippen LogP contribution in [0.15, 0.2) is 61.2 Å². The molecule has 0 radical (unpaired) electrons. The largest absolute Gasteiger partial charge is 0.496 e. The van der Waals surface area contributed by atoms with Gasteiger partial charge in [-0.2, -0.15) is 0 Å². The Bertz CT molecular complexity index is 2090. The van der Waals surface area contributed by atoms with E-state index in [2.05, 4.69) is 32.1 Å². The van der Waals surface area contributed by atoms with E-state index < -0.39 is 5.82 Å². The maximum atomic E-state index is 16.7. The third-order valence-corrected chi connectivity index (χ3v) is 9.60. The van der Waals surface area contributed by atoms with Gasteiger partial charge in [0.2, 0.25) is 5.91 Å². The average Bonchev–Trinajstić information content (AvgIpc) is 3.88. The third kappa shape index (κ3) is 6.73. The maximum Gasteiger partial charge on any atom is 0.270 e. The summed E-state index contributed by atoms with van der Waals surface area (Å²) in [5, 5.41) is 8.27. The Morgan fingerprint density at radius 3 is 2.51 bits per heavy atom. The van der Waals surface area contributed by atoms with Gasteiger partial charge < -0.3 is 29.2 Å². The van der Waals surface area contributed by atoms with Crippen LogP contribution in [0.5, 0.6) is 11.5 Å². The molecule has 0 spiro atoms. The van der Waals surface area contributed by atoms with Crippen molar-refractivity contribution in [2.24, 2.45) is 0 Å². The summed E-state index contributed by atoms with van der Waals surface area (Å²) in [5.41, 5.74) is 3.81. The number of carbonyl (C=O) groups excluding carboxylic acids is 2. The molecule has 13 nitrogen and oxygen atoms in total. The lowest BCUT2D eigenvalue weighted by Gasteiger charge is -2.35.